The maximum absolute atomic E-state index is 14.4. The Morgan fingerprint density at radius 2 is 1.55 bits per heavy atom. The number of carbonyl (C=O) groups is 1. The van der Waals surface area contributed by atoms with Gasteiger partial charge in [-0.05, 0) is 85.6 Å². The highest BCUT2D eigenvalue weighted by Crippen LogP contribution is 2.41. The van der Waals surface area contributed by atoms with Crippen molar-refractivity contribution in [2.24, 2.45) is 24.6 Å². The van der Waals surface area contributed by atoms with E-state index in [2.05, 4.69) is 20.3 Å². The molecule has 1 aliphatic carbocycles. The van der Waals surface area contributed by atoms with Crippen molar-refractivity contribution >= 4 is 28.6 Å². The Balaban J connectivity index is 1.42. The number of aromatic nitrogens is 5. The smallest absolute Gasteiger partial charge is 0.369 e. The van der Waals surface area contributed by atoms with Gasteiger partial charge < -0.3 is 15.5 Å². The van der Waals surface area contributed by atoms with Gasteiger partial charge in [-0.15, -0.1) is 5.10 Å². The quantitative estimate of drug-likeness (QED) is 0.209. The summed E-state index contributed by atoms with van der Waals surface area (Å²) in [5.74, 6) is -2.27. The van der Waals surface area contributed by atoms with Crippen LogP contribution in [0.5, 0.6) is 0 Å². The SMILES string of the molecule is Cn1nnc(N(Cc2cc(C(F)(F)F)cc(C(F)(F)F)c2)Cc2cc3cc(F)c(F)cc3nc2N2CCC[C@@H]2C2CCC(C(N)=O)CC2)n1. The molecule has 0 bridgehead atoms. The minimum absolute atomic E-state index is 0.0243. The summed E-state index contributed by atoms with van der Waals surface area (Å²) in [6.45, 7) is -0.117. The lowest BCUT2D eigenvalue weighted by atomic mass is 9.77. The summed E-state index contributed by atoms with van der Waals surface area (Å²) >= 11 is 0. The summed E-state index contributed by atoms with van der Waals surface area (Å²) in [6, 6.07) is 4.83. The molecule has 2 N–H and O–H groups in total. The van der Waals surface area contributed by atoms with Crippen LogP contribution in [0, 0.1) is 23.5 Å². The fourth-order valence-corrected chi connectivity index (χ4v) is 7.04. The molecule has 2 aromatic heterocycles. The third-order valence-corrected chi connectivity index (χ3v) is 9.37. The lowest BCUT2D eigenvalue weighted by Crippen LogP contribution is -2.40. The van der Waals surface area contributed by atoms with Crippen molar-refractivity contribution in [1.82, 2.24) is 25.2 Å². The first kappa shape index (κ1) is 34.3. The summed E-state index contributed by atoms with van der Waals surface area (Å²) in [5.41, 5.74) is 2.88. The second kappa shape index (κ2) is 13.0. The fourth-order valence-electron chi connectivity index (χ4n) is 7.04. The number of halogens is 8. The standard InChI is InChI=1S/C32H32F8N8O/c1-46-44-30(43-45-46)47(15-17-9-22(31(35,36)37)13-23(10-17)32(38,39)40)16-21-11-20-12-24(33)25(34)14-26(20)42-29(21)48-8-2-3-27(48)18-4-6-19(7-5-18)28(41)49/h9-14,18-19,27H,2-8,15-16H2,1H3,(H2,41,49)/t18?,19?,27-/m1/s1. The summed E-state index contributed by atoms with van der Waals surface area (Å²) in [6.07, 6.45) is -5.77. The van der Waals surface area contributed by atoms with Crippen molar-refractivity contribution in [3.05, 3.63) is 70.3 Å². The molecule has 17 heteroatoms. The number of aryl methyl sites for hydroxylation is 1. The molecule has 0 spiro atoms. The highest BCUT2D eigenvalue weighted by molar-refractivity contribution is 5.82. The van der Waals surface area contributed by atoms with E-state index in [0.717, 1.165) is 42.6 Å². The van der Waals surface area contributed by atoms with Crippen LogP contribution < -0.4 is 15.5 Å². The van der Waals surface area contributed by atoms with Gasteiger partial charge in [0.1, 0.15) is 5.82 Å². The van der Waals surface area contributed by atoms with Crippen molar-refractivity contribution in [3.8, 4) is 0 Å². The van der Waals surface area contributed by atoms with Gasteiger partial charge in [0.05, 0.1) is 23.7 Å². The van der Waals surface area contributed by atoms with Crippen LogP contribution in [0.3, 0.4) is 0 Å². The van der Waals surface area contributed by atoms with Gasteiger partial charge in [-0.3, -0.25) is 4.79 Å². The number of alkyl halides is 6. The number of hydrogen-bond donors (Lipinski definition) is 1. The molecule has 2 aliphatic rings. The van der Waals surface area contributed by atoms with E-state index in [0.29, 0.717) is 42.9 Å². The molecule has 1 saturated carbocycles. The van der Waals surface area contributed by atoms with Gasteiger partial charge >= 0.3 is 12.4 Å². The average Bonchev–Trinajstić information content (AvgIpc) is 3.70. The minimum atomic E-state index is -5.05. The normalized spacial score (nSPS) is 20.3. The average molecular weight is 697 g/mol. The van der Waals surface area contributed by atoms with Crippen LogP contribution in [-0.4, -0.2) is 43.7 Å². The molecule has 6 rings (SSSR count). The number of pyridine rings is 1. The van der Waals surface area contributed by atoms with E-state index in [-0.39, 0.29) is 58.8 Å². The Morgan fingerprint density at radius 3 is 2.14 bits per heavy atom. The Kier molecular flexibility index (Phi) is 9.13. The Morgan fingerprint density at radius 1 is 0.898 bits per heavy atom. The third-order valence-electron chi connectivity index (χ3n) is 9.37. The summed E-state index contributed by atoms with van der Waals surface area (Å²) in [7, 11) is 1.45. The van der Waals surface area contributed by atoms with Gasteiger partial charge in [-0.1, -0.05) is 5.10 Å². The van der Waals surface area contributed by atoms with Crippen LogP contribution in [0.25, 0.3) is 10.9 Å². The zero-order chi connectivity index (χ0) is 35.2. The van der Waals surface area contributed by atoms with E-state index in [1.54, 1.807) is 6.07 Å². The molecule has 9 nitrogen and oxygen atoms in total. The zero-order valence-electron chi connectivity index (χ0n) is 26.2. The van der Waals surface area contributed by atoms with Crippen LogP contribution in [-0.2, 0) is 37.3 Å². The molecule has 1 saturated heterocycles. The molecule has 0 radical (unpaired) electrons. The van der Waals surface area contributed by atoms with Crippen LogP contribution in [0.2, 0.25) is 0 Å². The molecule has 262 valence electrons. The Labute approximate surface area is 275 Å². The van der Waals surface area contributed by atoms with E-state index >= 15 is 0 Å². The molecular weight excluding hydrogens is 664 g/mol. The zero-order valence-corrected chi connectivity index (χ0v) is 26.2. The molecule has 0 unspecified atom stereocenters. The number of anilines is 2. The molecule has 4 aromatic rings. The second-order valence-corrected chi connectivity index (χ2v) is 12.7. The maximum atomic E-state index is 14.4. The van der Waals surface area contributed by atoms with Gasteiger partial charge in [0.25, 0.3) is 5.95 Å². The molecular formula is C32H32F8N8O. The first-order chi connectivity index (χ1) is 23.1. The second-order valence-electron chi connectivity index (χ2n) is 12.7. The summed E-state index contributed by atoms with van der Waals surface area (Å²) in [5, 5.41) is 12.2. The number of carbonyl (C=O) groups excluding carboxylic acids is 1. The van der Waals surface area contributed by atoms with Gasteiger partial charge in [-0.2, -0.15) is 31.1 Å². The van der Waals surface area contributed by atoms with Gasteiger partial charge in [0.2, 0.25) is 5.91 Å². The third kappa shape index (κ3) is 7.39. The number of hydrogen-bond acceptors (Lipinski definition) is 7. The van der Waals surface area contributed by atoms with Crippen LogP contribution in [0.1, 0.15) is 60.8 Å². The van der Waals surface area contributed by atoms with Gasteiger partial charge in [-0.25, -0.2) is 13.8 Å². The number of fused-ring (bicyclic) bond motifs is 1. The monoisotopic (exact) mass is 696 g/mol. The Hall–Kier alpha value is -4.57. The topological polar surface area (TPSA) is 106 Å². The van der Waals surface area contributed by atoms with Crippen molar-refractivity contribution in [1.29, 1.82) is 0 Å². The van der Waals surface area contributed by atoms with Gasteiger partial charge in [0.15, 0.2) is 11.6 Å². The Bertz CT molecular complexity index is 1820. The van der Waals surface area contributed by atoms with Crippen LogP contribution in [0.4, 0.5) is 46.9 Å². The number of rotatable bonds is 8. The number of nitrogens with zero attached hydrogens (tertiary/aromatic N) is 7. The molecule has 2 fully saturated rings. The number of benzene rings is 2. The summed E-state index contributed by atoms with van der Waals surface area (Å²) < 4.78 is 111. The number of nitrogens with two attached hydrogens (primary N) is 1. The lowest BCUT2D eigenvalue weighted by molar-refractivity contribution is -0.143. The molecule has 1 atom stereocenters. The van der Waals surface area contributed by atoms with Gasteiger partial charge in [0, 0.05) is 48.6 Å². The van der Waals surface area contributed by atoms with E-state index in [4.69, 9.17) is 10.7 Å². The highest BCUT2D eigenvalue weighted by Gasteiger charge is 2.39. The van der Waals surface area contributed by atoms with Crippen LogP contribution >= 0.6 is 0 Å². The van der Waals surface area contributed by atoms with Crippen molar-refractivity contribution in [3.63, 3.8) is 0 Å². The van der Waals surface area contributed by atoms with E-state index in [1.807, 2.05) is 0 Å². The largest absolute Gasteiger partial charge is 0.416 e. The number of amides is 1. The first-order valence-electron chi connectivity index (χ1n) is 15.7. The minimum Gasteiger partial charge on any atom is -0.369 e. The van der Waals surface area contributed by atoms with Crippen molar-refractivity contribution < 1.29 is 39.9 Å². The van der Waals surface area contributed by atoms with E-state index in [1.165, 1.54) is 11.9 Å². The summed E-state index contributed by atoms with van der Waals surface area (Å²) in [4.78, 5) is 21.1. The molecule has 1 aliphatic heterocycles. The lowest BCUT2D eigenvalue weighted by Gasteiger charge is -2.37. The van der Waals surface area contributed by atoms with Crippen LogP contribution in [0.15, 0.2) is 36.4 Å². The molecule has 3 heterocycles. The molecule has 2 aromatic carbocycles. The predicted octanol–water partition coefficient (Wildman–Crippen LogP) is 6.54. The number of tetrazole rings is 1. The molecule has 49 heavy (non-hydrogen) atoms. The predicted molar refractivity (Wildman–Crippen MR) is 162 cm³/mol. The van der Waals surface area contributed by atoms with E-state index < -0.39 is 41.7 Å². The maximum Gasteiger partial charge on any atom is 0.416 e. The van der Waals surface area contributed by atoms with Crippen molar-refractivity contribution in [2.45, 2.75) is 70.0 Å². The first-order valence-corrected chi connectivity index (χ1v) is 15.7. The molecule has 1 amide bonds. The highest BCUT2D eigenvalue weighted by atomic mass is 19.4. The number of primary amides is 1. The van der Waals surface area contributed by atoms with E-state index in [9.17, 15) is 39.9 Å². The van der Waals surface area contributed by atoms with Crippen molar-refractivity contribution in [2.75, 3.05) is 16.3 Å². The fraction of sp³-hybridized carbons (Fsp3) is 0.469.